The zero-order valence-corrected chi connectivity index (χ0v) is 15.6. The van der Waals surface area contributed by atoms with Crippen molar-refractivity contribution in [2.45, 2.75) is 51.7 Å². The Bertz CT molecular complexity index is 543. The lowest BCUT2D eigenvalue weighted by Gasteiger charge is -2.31. The fourth-order valence-corrected chi connectivity index (χ4v) is 4.05. The number of nitrogens with zero attached hydrogens (tertiary/aromatic N) is 1. The van der Waals surface area contributed by atoms with Gasteiger partial charge >= 0.3 is 0 Å². The first-order valence-electron chi connectivity index (χ1n) is 9.74. The Morgan fingerprint density at radius 1 is 1.08 bits per heavy atom. The molecule has 2 N–H and O–H groups in total. The van der Waals surface area contributed by atoms with Gasteiger partial charge in [0.25, 0.3) is 5.91 Å². The fraction of sp³-hybridized carbons (Fsp3) is 0.650. The summed E-state index contributed by atoms with van der Waals surface area (Å²) in [5, 5.41) is 3.04. The first-order chi connectivity index (χ1) is 12.1. The first kappa shape index (κ1) is 18.2. The van der Waals surface area contributed by atoms with Crippen molar-refractivity contribution >= 4 is 17.3 Å². The third-order valence-electron chi connectivity index (χ3n) is 5.15. The predicted molar refractivity (Wildman–Crippen MR) is 101 cm³/mol. The van der Waals surface area contributed by atoms with Crippen LogP contribution < -0.4 is 15.1 Å². The molecule has 1 aromatic carbocycles. The number of hydrogen-bond acceptors (Lipinski definition) is 3. The van der Waals surface area contributed by atoms with Crippen LogP contribution >= 0.6 is 0 Å². The van der Waals surface area contributed by atoms with Gasteiger partial charge in [-0.15, -0.1) is 0 Å². The average Bonchev–Trinajstić information content (AvgIpc) is 2.83. The van der Waals surface area contributed by atoms with Gasteiger partial charge in [-0.3, -0.25) is 4.79 Å². The van der Waals surface area contributed by atoms with Gasteiger partial charge in [0.2, 0.25) is 0 Å². The number of ether oxygens (including phenoxy) is 1. The third-order valence-corrected chi connectivity index (χ3v) is 5.15. The molecule has 2 aliphatic heterocycles. The number of carbonyl (C=O) groups excluding carboxylic acids is 1. The summed E-state index contributed by atoms with van der Waals surface area (Å²) in [5.74, 6) is 0.0822. The molecular formula is C20H32N3O2+. The van der Waals surface area contributed by atoms with Gasteiger partial charge < -0.3 is 19.9 Å². The zero-order chi connectivity index (χ0) is 17.6. The number of anilines is 2. The molecule has 5 heteroatoms. The van der Waals surface area contributed by atoms with Crippen LogP contribution in [0, 0.1) is 0 Å². The summed E-state index contributed by atoms with van der Waals surface area (Å²) >= 11 is 0. The van der Waals surface area contributed by atoms with Crippen molar-refractivity contribution in [3.05, 3.63) is 24.3 Å². The molecule has 2 aliphatic rings. The molecule has 0 saturated carbocycles. The number of morpholine rings is 1. The van der Waals surface area contributed by atoms with Crippen LogP contribution in [-0.2, 0) is 9.53 Å². The van der Waals surface area contributed by atoms with Gasteiger partial charge in [0, 0.05) is 24.5 Å². The van der Waals surface area contributed by atoms with Crippen LogP contribution in [0.1, 0.15) is 39.5 Å². The van der Waals surface area contributed by atoms with Crippen molar-refractivity contribution < 1.29 is 14.4 Å². The topological polar surface area (TPSA) is 46.0 Å². The number of amides is 1. The molecule has 25 heavy (non-hydrogen) atoms. The molecule has 3 rings (SSSR count). The number of rotatable bonds is 4. The van der Waals surface area contributed by atoms with E-state index in [0.717, 1.165) is 31.9 Å². The smallest absolute Gasteiger partial charge is 0.279 e. The maximum Gasteiger partial charge on any atom is 0.279 e. The molecule has 1 amide bonds. The number of benzene rings is 1. The minimum absolute atomic E-state index is 0.0822. The van der Waals surface area contributed by atoms with E-state index in [2.05, 4.69) is 36.2 Å². The Hall–Kier alpha value is -1.59. The largest absolute Gasteiger partial charge is 0.372 e. The summed E-state index contributed by atoms with van der Waals surface area (Å²) in [6, 6.07) is 8.31. The molecule has 2 saturated heterocycles. The van der Waals surface area contributed by atoms with Crippen LogP contribution in [0.4, 0.5) is 11.4 Å². The molecule has 3 atom stereocenters. The minimum atomic E-state index is 0.0822. The van der Waals surface area contributed by atoms with E-state index in [4.69, 9.17) is 4.74 Å². The highest BCUT2D eigenvalue weighted by atomic mass is 16.5. The van der Waals surface area contributed by atoms with Crippen LogP contribution in [0.2, 0.25) is 0 Å². The van der Waals surface area contributed by atoms with Crippen LogP contribution in [0.15, 0.2) is 24.3 Å². The van der Waals surface area contributed by atoms with Crippen molar-refractivity contribution in [3.63, 3.8) is 0 Å². The highest BCUT2D eigenvalue weighted by Gasteiger charge is 2.27. The average molecular weight is 346 g/mol. The highest BCUT2D eigenvalue weighted by Crippen LogP contribution is 2.21. The van der Waals surface area contributed by atoms with E-state index in [9.17, 15) is 4.79 Å². The Labute approximate surface area is 151 Å². The van der Waals surface area contributed by atoms with Crippen molar-refractivity contribution in [1.82, 2.24) is 0 Å². The molecule has 1 unspecified atom stereocenters. The normalized spacial score (nSPS) is 27.6. The molecule has 2 heterocycles. The van der Waals surface area contributed by atoms with E-state index >= 15 is 0 Å². The summed E-state index contributed by atoms with van der Waals surface area (Å²) in [6.07, 6.45) is 5.67. The summed E-state index contributed by atoms with van der Waals surface area (Å²) in [4.78, 5) is 16.1. The summed E-state index contributed by atoms with van der Waals surface area (Å²) in [5.41, 5.74) is 2.15. The predicted octanol–water partition coefficient (Wildman–Crippen LogP) is 1.70. The number of nitrogens with one attached hydrogen (secondary N) is 2. The molecule has 5 nitrogen and oxygen atoms in total. The van der Waals surface area contributed by atoms with Crippen LogP contribution in [-0.4, -0.2) is 50.8 Å². The lowest BCUT2D eigenvalue weighted by Crippen LogP contribution is -3.16. The van der Waals surface area contributed by atoms with Crippen LogP contribution in [0.5, 0.6) is 0 Å². The van der Waals surface area contributed by atoms with Crippen molar-refractivity contribution in [1.29, 1.82) is 0 Å². The lowest BCUT2D eigenvalue weighted by molar-refractivity contribution is -0.907. The number of hydrogen-bond donors (Lipinski definition) is 2. The van der Waals surface area contributed by atoms with Crippen molar-refractivity contribution in [2.24, 2.45) is 0 Å². The molecular weight excluding hydrogens is 314 g/mol. The molecule has 138 valence electrons. The summed E-state index contributed by atoms with van der Waals surface area (Å²) < 4.78 is 5.74. The second kappa shape index (κ2) is 8.68. The maximum atomic E-state index is 12.3. The van der Waals surface area contributed by atoms with Gasteiger partial charge in [-0.05, 0) is 51.0 Å². The second-order valence-electron chi connectivity index (χ2n) is 7.59. The Kier molecular flexibility index (Phi) is 6.32. The Morgan fingerprint density at radius 3 is 2.28 bits per heavy atom. The Morgan fingerprint density at radius 2 is 1.68 bits per heavy atom. The second-order valence-corrected chi connectivity index (χ2v) is 7.59. The van der Waals surface area contributed by atoms with Gasteiger partial charge in [0.1, 0.15) is 25.3 Å². The van der Waals surface area contributed by atoms with E-state index < -0.39 is 0 Å². The van der Waals surface area contributed by atoms with Crippen LogP contribution in [0.3, 0.4) is 0 Å². The fourth-order valence-electron chi connectivity index (χ4n) is 4.05. The molecule has 2 fully saturated rings. The van der Waals surface area contributed by atoms with Gasteiger partial charge in [0.05, 0.1) is 0 Å². The van der Waals surface area contributed by atoms with E-state index in [1.165, 1.54) is 36.3 Å². The lowest BCUT2D eigenvalue weighted by atomic mass is 10.2. The number of carbonyl (C=O) groups is 1. The molecule has 0 bridgehead atoms. The molecule has 1 aromatic rings. The summed E-state index contributed by atoms with van der Waals surface area (Å²) in [7, 11) is 0. The van der Waals surface area contributed by atoms with Gasteiger partial charge in [-0.2, -0.15) is 0 Å². The number of quaternary nitrogens is 1. The van der Waals surface area contributed by atoms with Crippen molar-refractivity contribution in [3.8, 4) is 0 Å². The van der Waals surface area contributed by atoms with Crippen LogP contribution in [0.25, 0.3) is 0 Å². The third kappa shape index (κ3) is 5.44. The summed E-state index contributed by atoms with van der Waals surface area (Å²) in [6.45, 7) is 8.73. The zero-order valence-electron chi connectivity index (χ0n) is 15.6. The van der Waals surface area contributed by atoms with E-state index in [0.29, 0.717) is 6.54 Å². The molecule has 0 spiro atoms. The van der Waals surface area contributed by atoms with E-state index in [-0.39, 0.29) is 18.1 Å². The molecule has 0 aliphatic carbocycles. The quantitative estimate of drug-likeness (QED) is 0.872. The van der Waals surface area contributed by atoms with Crippen molar-refractivity contribution in [2.75, 3.05) is 42.9 Å². The molecule has 0 radical (unpaired) electrons. The van der Waals surface area contributed by atoms with E-state index in [1.807, 2.05) is 12.1 Å². The van der Waals surface area contributed by atoms with Gasteiger partial charge in [-0.1, -0.05) is 12.8 Å². The van der Waals surface area contributed by atoms with Gasteiger partial charge in [-0.25, -0.2) is 0 Å². The minimum Gasteiger partial charge on any atom is -0.372 e. The highest BCUT2D eigenvalue weighted by molar-refractivity contribution is 5.91. The maximum absolute atomic E-state index is 12.3. The van der Waals surface area contributed by atoms with E-state index in [1.54, 1.807) is 0 Å². The monoisotopic (exact) mass is 346 g/mol. The standard InChI is InChI=1S/C20H31N3O2/c1-16-13-22(14-17(2)25-16)15-20(24)21-18-7-9-19(10-8-18)23-11-5-3-4-6-12-23/h7-10,16-17H,3-6,11-15H2,1-2H3,(H,21,24)/p+1/t16-,17+. The SMILES string of the molecule is C[C@@H]1C[NH+](CC(=O)Nc2ccc(N3CCCCCC3)cc2)C[C@H](C)O1. The Balaban J connectivity index is 1.51. The molecule has 0 aromatic heterocycles. The van der Waals surface area contributed by atoms with Gasteiger partial charge in [0.15, 0.2) is 6.54 Å². The first-order valence-corrected chi connectivity index (χ1v) is 9.74.